The second-order valence-electron chi connectivity index (χ2n) is 3.99. The monoisotopic (exact) mass is 171 g/mol. The molecular formula is C11H25N. The summed E-state index contributed by atoms with van der Waals surface area (Å²) >= 11 is 0. The molecule has 0 spiro atoms. The molecule has 0 bridgehead atoms. The fourth-order valence-corrected chi connectivity index (χ4v) is 1.67. The lowest BCUT2D eigenvalue weighted by Crippen LogP contribution is -2.16. The van der Waals surface area contributed by atoms with Gasteiger partial charge in [0.2, 0.25) is 0 Å². The molecule has 0 radical (unpaired) electrons. The Balaban J connectivity index is 3.44. The molecule has 2 atom stereocenters. The van der Waals surface area contributed by atoms with Crippen molar-refractivity contribution in [1.29, 1.82) is 0 Å². The van der Waals surface area contributed by atoms with E-state index in [2.05, 4.69) is 20.8 Å². The minimum absolute atomic E-state index is 0.761. The summed E-state index contributed by atoms with van der Waals surface area (Å²) in [6.07, 6.45) is 6.65. The van der Waals surface area contributed by atoms with Crippen LogP contribution in [0.1, 0.15) is 52.9 Å². The number of nitrogens with two attached hydrogens (primary N) is 1. The Bertz CT molecular complexity index is 87.0. The first kappa shape index (κ1) is 12.0. The van der Waals surface area contributed by atoms with Gasteiger partial charge in [0.05, 0.1) is 0 Å². The van der Waals surface area contributed by atoms with Gasteiger partial charge in [-0.25, -0.2) is 0 Å². The van der Waals surface area contributed by atoms with Gasteiger partial charge >= 0.3 is 0 Å². The van der Waals surface area contributed by atoms with Crippen LogP contribution in [0, 0.1) is 11.8 Å². The van der Waals surface area contributed by atoms with Crippen molar-refractivity contribution in [3.05, 3.63) is 0 Å². The molecule has 0 fully saturated rings. The molecule has 0 saturated heterocycles. The van der Waals surface area contributed by atoms with E-state index in [9.17, 15) is 0 Å². The van der Waals surface area contributed by atoms with Crippen molar-refractivity contribution >= 4 is 0 Å². The lowest BCUT2D eigenvalue weighted by atomic mass is 9.90. The smallest absolute Gasteiger partial charge is 0.00489 e. The van der Waals surface area contributed by atoms with Crippen molar-refractivity contribution in [2.24, 2.45) is 17.6 Å². The van der Waals surface area contributed by atoms with Crippen LogP contribution in [0.15, 0.2) is 0 Å². The number of unbranched alkanes of at least 4 members (excludes halogenated alkanes) is 1. The summed E-state index contributed by atoms with van der Waals surface area (Å²) in [5.41, 5.74) is 5.66. The molecule has 0 aromatic rings. The van der Waals surface area contributed by atoms with Gasteiger partial charge in [-0.05, 0) is 24.8 Å². The molecule has 0 aliphatic heterocycles. The molecule has 0 aromatic carbocycles. The van der Waals surface area contributed by atoms with E-state index in [1.54, 1.807) is 0 Å². The van der Waals surface area contributed by atoms with Crippen molar-refractivity contribution in [1.82, 2.24) is 0 Å². The first-order valence-electron chi connectivity index (χ1n) is 5.44. The second kappa shape index (κ2) is 7.60. The summed E-state index contributed by atoms with van der Waals surface area (Å²) in [5.74, 6) is 1.63. The molecule has 12 heavy (non-hydrogen) atoms. The highest BCUT2D eigenvalue weighted by Crippen LogP contribution is 2.19. The minimum Gasteiger partial charge on any atom is -0.330 e. The molecule has 0 heterocycles. The van der Waals surface area contributed by atoms with E-state index in [0.29, 0.717) is 0 Å². The Kier molecular flexibility index (Phi) is 7.58. The van der Waals surface area contributed by atoms with Crippen LogP contribution in [0.25, 0.3) is 0 Å². The third-order valence-corrected chi connectivity index (χ3v) is 2.70. The van der Waals surface area contributed by atoms with E-state index in [1.807, 2.05) is 0 Å². The maximum Gasteiger partial charge on any atom is -0.00489 e. The molecule has 0 saturated carbocycles. The lowest BCUT2D eigenvalue weighted by Gasteiger charge is -2.17. The molecular weight excluding hydrogens is 146 g/mol. The molecule has 74 valence electrons. The Morgan fingerprint density at radius 3 is 2.33 bits per heavy atom. The highest BCUT2D eigenvalue weighted by Gasteiger charge is 2.08. The number of hydrogen-bond acceptors (Lipinski definition) is 1. The van der Waals surface area contributed by atoms with Crippen LogP contribution in [0.2, 0.25) is 0 Å². The van der Waals surface area contributed by atoms with Crippen molar-refractivity contribution in [2.75, 3.05) is 6.54 Å². The van der Waals surface area contributed by atoms with Gasteiger partial charge in [-0.2, -0.15) is 0 Å². The van der Waals surface area contributed by atoms with E-state index in [4.69, 9.17) is 5.73 Å². The largest absolute Gasteiger partial charge is 0.330 e. The first-order valence-corrected chi connectivity index (χ1v) is 5.44. The zero-order chi connectivity index (χ0) is 9.40. The van der Waals surface area contributed by atoms with Crippen molar-refractivity contribution < 1.29 is 0 Å². The van der Waals surface area contributed by atoms with Crippen molar-refractivity contribution in [3.8, 4) is 0 Å². The molecule has 0 unspecified atom stereocenters. The second-order valence-corrected chi connectivity index (χ2v) is 3.99. The standard InChI is InChI=1S/C11H25N/c1-4-6-7-10(3)8-11(5-2)9-12/h10-11H,4-9,12H2,1-3H3/t10-,11+/m1/s1. The zero-order valence-electron chi connectivity index (χ0n) is 8.97. The summed E-state index contributed by atoms with van der Waals surface area (Å²) in [6.45, 7) is 7.72. The fourth-order valence-electron chi connectivity index (χ4n) is 1.67. The predicted molar refractivity (Wildman–Crippen MR) is 56.1 cm³/mol. The van der Waals surface area contributed by atoms with Crippen LogP contribution in [0.5, 0.6) is 0 Å². The highest BCUT2D eigenvalue weighted by atomic mass is 14.5. The quantitative estimate of drug-likeness (QED) is 0.625. The Morgan fingerprint density at radius 1 is 1.25 bits per heavy atom. The van der Waals surface area contributed by atoms with Gasteiger partial charge in [0.15, 0.2) is 0 Å². The Morgan fingerprint density at radius 2 is 1.92 bits per heavy atom. The number of hydrogen-bond donors (Lipinski definition) is 1. The summed E-state index contributed by atoms with van der Waals surface area (Å²) < 4.78 is 0. The molecule has 0 aliphatic carbocycles. The normalized spacial score (nSPS) is 16.0. The van der Waals surface area contributed by atoms with E-state index < -0.39 is 0 Å². The third-order valence-electron chi connectivity index (χ3n) is 2.70. The average Bonchev–Trinajstić information content (AvgIpc) is 2.10. The van der Waals surface area contributed by atoms with Gasteiger partial charge < -0.3 is 5.73 Å². The van der Waals surface area contributed by atoms with E-state index >= 15 is 0 Å². The van der Waals surface area contributed by atoms with Crippen LogP contribution in [-0.2, 0) is 0 Å². The van der Waals surface area contributed by atoms with Crippen LogP contribution in [-0.4, -0.2) is 6.54 Å². The fraction of sp³-hybridized carbons (Fsp3) is 1.00. The van der Waals surface area contributed by atoms with Gasteiger partial charge in [-0.15, -0.1) is 0 Å². The molecule has 2 N–H and O–H groups in total. The molecule has 1 heteroatoms. The van der Waals surface area contributed by atoms with Crippen LogP contribution in [0.3, 0.4) is 0 Å². The summed E-state index contributed by atoms with van der Waals surface area (Å²) in [4.78, 5) is 0. The summed E-state index contributed by atoms with van der Waals surface area (Å²) in [6, 6.07) is 0. The highest BCUT2D eigenvalue weighted by molar-refractivity contribution is 4.62. The maximum atomic E-state index is 5.66. The van der Waals surface area contributed by atoms with E-state index in [-0.39, 0.29) is 0 Å². The minimum atomic E-state index is 0.761. The van der Waals surface area contributed by atoms with Gasteiger partial charge in [0.25, 0.3) is 0 Å². The molecule has 0 rings (SSSR count). The molecule has 0 aromatic heterocycles. The van der Waals surface area contributed by atoms with E-state index in [1.165, 1.54) is 32.1 Å². The zero-order valence-corrected chi connectivity index (χ0v) is 8.97. The average molecular weight is 171 g/mol. The van der Waals surface area contributed by atoms with Gasteiger partial charge in [-0.3, -0.25) is 0 Å². The van der Waals surface area contributed by atoms with E-state index in [0.717, 1.165) is 18.4 Å². The molecule has 1 nitrogen and oxygen atoms in total. The van der Waals surface area contributed by atoms with Crippen LogP contribution >= 0.6 is 0 Å². The van der Waals surface area contributed by atoms with Crippen LogP contribution < -0.4 is 5.73 Å². The van der Waals surface area contributed by atoms with Crippen molar-refractivity contribution in [2.45, 2.75) is 52.9 Å². The Labute approximate surface area is 77.7 Å². The topological polar surface area (TPSA) is 26.0 Å². The maximum absolute atomic E-state index is 5.66. The summed E-state index contributed by atoms with van der Waals surface area (Å²) in [7, 11) is 0. The molecule has 0 aliphatic rings. The summed E-state index contributed by atoms with van der Waals surface area (Å²) in [5, 5.41) is 0. The van der Waals surface area contributed by atoms with Gasteiger partial charge in [0, 0.05) is 0 Å². The SMILES string of the molecule is CCCC[C@@H](C)C[C@H](CC)CN. The Hall–Kier alpha value is -0.0400. The predicted octanol–water partition coefficient (Wildman–Crippen LogP) is 3.19. The van der Waals surface area contributed by atoms with Crippen LogP contribution in [0.4, 0.5) is 0 Å². The van der Waals surface area contributed by atoms with Crippen molar-refractivity contribution in [3.63, 3.8) is 0 Å². The third kappa shape index (κ3) is 5.59. The number of rotatable bonds is 7. The first-order chi connectivity index (χ1) is 5.74. The molecule has 0 amide bonds. The van der Waals surface area contributed by atoms with Gasteiger partial charge in [-0.1, -0.05) is 46.5 Å². The lowest BCUT2D eigenvalue weighted by molar-refractivity contribution is 0.364. The van der Waals surface area contributed by atoms with Gasteiger partial charge in [0.1, 0.15) is 0 Å².